The number of hydrogen-bond donors (Lipinski definition) is 0. The Morgan fingerprint density at radius 1 is 2.00 bits per heavy atom. The molecule has 0 N–H and O–H groups in total. The third-order valence-electron chi connectivity index (χ3n) is 0.0833. The van der Waals surface area contributed by atoms with Gasteiger partial charge < -0.3 is 0 Å². The molecule has 0 spiro atoms. The number of hydrogen-bond acceptors (Lipinski definition) is 0. The molecule has 21 valence electrons. The van der Waals surface area contributed by atoms with Gasteiger partial charge in [-0.1, -0.05) is 5.92 Å². The molecule has 0 aliphatic carbocycles. The van der Waals surface area contributed by atoms with Crippen molar-refractivity contribution in [3.05, 3.63) is 0 Å². The zero-order valence-electron chi connectivity index (χ0n) is 2.19. The summed E-state index contributed by atoms with van der Waals surface area (Å²) in [4.78, 5) is 0. The normalized spacial score (nSPS) is 5.00. The van der Waals surface area contributed by atoms with Crippen molar-refractivity contribution in [2.24, 2.45) is 0 Å². The highest BCUT2D eigenvalue weighted by atomic mass is 16.2. The highest BCUT2D eigenvalue weighted by Gasteiger charge is 1.48. The van der Waals surface area contributed by atoms with Crippen LogP contribution in [0.4, 0.5) is 0 Å². The molecule has 0 aromatic rings. The third kappa shape index (κ3) is 1.52. The van der Waals surface area contributed by atoms with E-state index in [2.05, 4.69) is 6.42 Å². The first-order valence-electron chi connectivity index (χ1n) is 0.931. The van der Waals surface area contributed by atoms with E-state index in [4.69, 9.17) is 5.11 Å². The van der Waals surface area contributed by atoms with E-state index in [0.717, 1.165) is 0 Å². The van der Waals surface area contributed by atoms with Crippen LogP contribution in [0.1, 0.15) is 0 Å². The number of rotatable bonds is 0. The van der Waals surface area contributed by atoms with Gasteiger partial charge in [-0.25, -0.2) is 5.11 Å². The minimum Gasteiger partial charge on any atom is -0.223 e. The van der Waals surface area contributed by atoms with E-state index in [1.54, 1.807) is 0 Å². The zero-order valence-corrected chi connectivity index (χ0v) is 2.19. The maximum absolute atomic E-state index is 9.06. The first-order chi connectivity index (χ1) is 1.91. The van der Waals surface area contributed by atoms with Gasteiger partial charge in [0.25, 0.3) is 0 Å². The molecule has 0 fully saturated rings. The van der Waals surface area contributed by atoms with Crippen LogP contribution in [0.2, 0.25) is 0 Å². The van der Waals surface area contributed by atoms with Crippen LogP contribution in [0.15, 0.2) is 0 Å². The summed E-state index contributed by atoms with van der Waals surface area (Å²) in [5.41, 5.74) is 0. The van der Waals surface area contributed by atoms with Gasteiger partial charge in [-0.2, -0.15) is 0 Å². The molecule has 0 atom stereocenters. The summed E-state index contributed by atoms with van der Waals surface area (Å²) in [5, 5.41) is 9.06. The Labute approximate surface area is 25.3 Å². The summed E-state index contributed by atoms with van der Waals surface area (Å²) in [6.45, 7) is -0.403. The molecule has 0 amide bonds. The van der Waals surface area contributed by atoms with Gasteiger partial charge in [0.2, 0.25) is 0 Å². The lowest BCUT2D eigenvalue weighted by Gasteiger charge is -1.49. The third-order valence-corrected chi connectivity index (χ3v) is 0.0833. The molecule has 0 aliphatic heterocycles. The SMILES string of the molecule is C#CC[O]. The van der Waals surface area contributed by atoms with Crippen molar-refractivity contribution >= 4 is 0 Å². The average Bonchev–Trinajstić information content (AvgIpc) is 1.37. The maximum Gasteiger partial charge on any atom is 0.142 e. The molecule has 0 heterocycles. The first kappa shape index (κ1) is 3.52. The topological polar surface area (TPSA) is 19.9 Å². The second-order valence-corrected chi connectivity index (χ2v) is 0.348. The van der Waals surface area contributed by atoms with Crippen molar-refractivity contribution in [2.75, 3.05) is 6.61 Å². The van der Waals surface area contributed by atoms with E-state index in [-0.39, 0.29) is 0 Å². The molecule has 0 aromatic carbocycles. The van der Waals surface area contributed by atoms with Gasteiger partial charge in [0.05, 0.1) is 0 Å². The van der Waals surface area contributed by atoms with Gasteiger partial charge in [0, 0.05) is 0 Å². The summed E-state index contributed by atoms with van der Waals surface area (Å²) < 4.78 is 0. The summed E-state index contributed by atoms with van der Waals surface area (Å²) in [7, 11) is 0. The van der Waals surface area contributed by atoms with Gasteiger partial charge >= 0.3 is 0 Å². The molecule has 1 nitrogen and oxygen atoms in total. The summed E-state index contributed by atoms with van der Waals surface area (Å²) in [6.07, 6.45) is 4.47. The lowest BCUT2D eigenvalue weighted by molar-refractivity contribution is 0.239. The minimum atomic E-state index is -0.403. The largest absolute Gasteiger partial charge is 0.223 e. The molecule has 0 saturated heterocycles. The highest BCUT2D eigenvalue weighted by molar-refractivity contribution is 4.81. The summed E-state index contributed by atoms with van der Waals surface area (Å²) in [5.74, 6) is 1.88. The molecular weight excluding hydrogens is 52.0 g/mol. The van der Waals surface area contributed by atoms with E-state index in [1.807, 2.05) is 5.92 Å². The van der Waals surface area contributed by atoms with Crippen molar-refractivity contribution in [1.82, 2.24) is 0 Å². The predicted octanol–water partition coefficient (Wildman–Crippen LogP) is 0.0501. The lowest BCUT2D eigenvalue weighted by atomic mass is 10.8. The van der Waals surface area contributed by atoms with E-state index in [1.165, 1.54) is 0 Å². The average molecular weight is 55.1 g/mol. The van der Waals surface area contributed by atoms with Crippen LogP contribution in [0.3, 0.4) is 0 Å². The second-order valence-electron chi connectivity index (χ2n) is 0.348. The molecule has 1 heteroatoms. The van der Waals surface area contributed by atoms with Gasteiger partial charge in [0.1, 0.15) is 6.61 Å². The zero-order chi connectivity index (χ0) is 3.41. The minimum absolute atomic E-state index is 0.403. The van der Waals surface area contributed by atoms with Gasteiger partial charge in [-0.15, -0.1) is 6.42 Å². The molecular formula is C3H3O. The predicted molar refractivity (Wildman–Crippen MR) is 14.4 cm³/mol. The van der Waals surface area contributed by atoms with E-state index < -0.39 is 6.61 Å². The van der Waals surface area contributed by atoms with Crippen molar-refractivity contribution in [3.63, 3.8) is 0 Å². The fourth-order valence-electron chi connectivity index (χ4n) is 0. The highest BCUT2D eigenvalue weighted by Crippen LogP contribution is 1.37. The van der Waals surface area contributed by atoms with Crippen LogP contribution in [0.25, 0.3) is 0 Å². The van der Waals surface area contributed by atoms with Crippen molar-refractivity contribution < 1.29 is 5.11 Å². The van der Waals surface area contributed by atoms with Crippen molar-refractivity contribution in [1.29, 1.82) is 0 Å². The van der Waals surface area contributed by atoms with Crippen LogP contribution in [-0.2, 0) is 5.11 Å². The standard InChI is InChI=1S/C3H3O/c1-2-3-4/h1H,3H2. The molecule has 0 aromatic heterocycles. The number of terminal acetylenes is 1. The second kappa shape index (κ2) is 2.52. The van der Waals surface area contributed by atoms with Crippen LogP contribution in [0.5, 0.6) is 0 Å². The Bertz CT molecular complexity index is 33.0. The molecule has 1 radical (unpaired) electrons. The Kier molecular flexibility index (Phi) is 2.22. The van der Waals surface area contributed by atoms with E-state index >= 15 is 0 Å². The molecule has 0 bridgehead atoms. The van der Waals surface area contributed by atoms with E-state index in [0.29, 0.717) is 0 Å². The molecule has 0 saturated carbocycles. The van der Waals surface area contributed by atoms with Crippen LogP contribution >= 0.6 is 0 Å². The Hall–Kier alpha value is -0.480. The fourth-order valence-corrected chi connectivity index (χ4v) is 0. The summed E-state index contributed by atoms with van der Waals surface area (Å²) in [6, 6.07) is 0. The lowest BCUT2D eigenvalue weighted by Crippen LogP contribution is -1.60. The van der Waals surface area contributed by atoms with Crippen LogP contribution in [-0.4, -0.2) is 6.61 Å². The van der Waals surface area contributed by atoms with Crippen LogP contribution in [0, 0.1) is 12.3 Å². The Balaban J connectivity index is 2.43. The van der Waals surface area contributed by atoms with Crippen LogP contribution < -0.4 is 0 Å². The molecule has 4 heavy (non-hydrogen) atoms. The first-order valence-corrected chi connectivity index (χ1v) is 0.931. The summed E-state index contributed by atoms with van der Waals surface area (Å²) >= 11 is 0. The quantitative estimate of drug-likeness (QED) is 0.349. The molecule has 0 rings (SSSR count). The van der Waals surface area contributed by atoms with Gasteiger partial charge in [-0.05, 0) is 0 Å². The van der Waals surface area contributed by atoms with Gasteiger partial charge in [-0.3, -0.25) is 0 Å². The Morgan fingerprint density at radius 3 is 2.25 bits per heavy atom. The maximum atomic E-state index is 9.06. The smallest absolute Gasteiger partial charge is 0.142 e. The monoisotopic (exact) mass is 55.0 g/mol. The fraction of sp³-hybridized carbons (Fsp3) is 0.333. The van der Waals surface area contributed by atoms with Crippen molar-refractivity contribution in [3.8, 4) is 12.3 Å². The van der Waals surface area contributed by atoms with E-state index in [9.17, 15) is 0 Å². The molecule has 0 aliphatic rings. The van der Waals surface area contributed by atoms with Crippen molar-refractivity contribution in [2.45, 2.75) is 0 Å². The van der Waals surface area contributed by atoms with Gasteiger partial charge in [0.15, 0.2) is 0 Å². The molecule has 0 unspecified atom stereocenters. The Morgan fingerprint density at radius 2 is 2.25 bits per heavy atom.